The zero-order chi connectivity index (χ0) is 12.7. The van der Waals surface area contributed by atoms with Crippen LogP contribution in [-0.4, -0.2) is 19.2 Å². The average molecular weight is 236 g/mol. The van der Waals surface area contributed by atoms with Crippen LogP contribution in [0.3, 0.4) is 0 Å². The van der Waals surface area contributed by atoms with Crippen LogP contribution in [0, 0.1) is 0 Å². The summed E-state index contributed by atoms with van der Waals surface area (Å²) in [4.78, 5) is 11.4. The van der Waals surface area contributed by atoms with Gasteiger partial charge in [-0.15, -0.1) is 0 Å². The highest BCUT2D eigenvalue weighted by Crippen LogP contribution is 2.20. The molecule has 4 heteroatoms. The Bertz CT molecular complexity index is 364. The molecule has 1 aromatic carbocycles. The van der Waals surface area contributed by atoms with E-state index in [1.54, 1.807) is 6.07 Å². The topological polar surface area (TPSA) is 64.3 Å². The number of nitrogens with one attached hydrogen (secondary N) is 1. The second-order valence-corrected chi connectivity index (χ2v) is 4.19. The zero-order valence-electron chi connectivity index (χ0n) is 10.4. The number of rotatable bonds is 5. The van der Waals surface area contributed by atoms with Crippen molar-refractivity contribution in [3.8, 4) is 5.75 Å². The third-order valence-electron chi connectivity index (χ3n) is 2.39. The lowest BCUT2D eigenvalue weighted by Crippen LogP contribution is -2.28. The molecular weight excluding hydrogens is 216 g/mol. The fourth-order valence-corrected chi connectivity index (χ4v) is 1.37. The summed E-state index contributed by atoms with van der Waals surface area (Å²) in [6.45, 7) is 5.29. The lowest BCUT2D eigenvalue weighted by molar-refractivity contribution is 0.200. The minimum atomic E-state index is -0.431. The van der Waals surface area contributed by atoms with Gasteiger partial charge in [-0.05, 0) is 36.6 Å². The maximum atomic E-state index is 11.4. The Morgan fingerprint density at radius 2 is 2.24 bits per heavy atom. The number of benzene rings is 1. The molecule has 0 aliphatic heterocycles. The number of ether oxygens (including phenoxy) is 1. The Morgan fingerprint density at radius 1 is 1.47 bits per heavy atom. The van der Waals surface area contributed by atoms with Crippen LogP contribution in [0.15, 0.2) is 24.3 Å². The summed E-state index contributed by atoms with van der Waals surface area (Å²) in [5, 5.41) is 2.64. The molecule has 4 nitrogen and oxygen atoms in total. The molecule has 0 saturated carbocycles. The third kappa shape index (κ3) is 4.87. The largest absolute Gasteiger partial charge is 0.412 e. The van der Waals surface area contributed by atoms with Gasteiger partial charge in [-0.2, -0.15) is 0 Å². The van der Waals surface area contributed by atoms with Crippen LogP contribution in [0.5, 0.6) is 5.75 Å². The van der Waals surface area contributed by atoms with Gasteiger partial charge in [0.2, 0.25) is 0 Å². The highest BCUT2D eigenvalue weighted by Gasteiger charge is 2.05. The molecule has 0 spiro atoms. The van der Waals surface area contributed by atoms with Crippen molar-refractivity contribution in [1.82, 2.24) is 5.32 Å². The molecule has 0 saturated heterocycles. The van der Waals surface area contributed by atoms with E-state index in [9.17, 15) is 4.79 Å². The van der Waals surface area contributed by atoms with E-state index in [2.05, 4.69) is 19.2 Å². The van der Waals surface area contributed by atoms with E-state index in [1.807, 2.05) is 18.2 Å². The fraction of sp³-hybridized carbons (Fsp3) is 0.462. The van der Waals surface area contributed by atoms with Crippen molar-refractivity contribution in [3.05, 3.63) is 29.8 Å². The first kappa shape index (κ1) is 13.5. The molecule has 17 heavy (non-hydrogen) atoms. The molecule has 0 aromatic heterocycles. The van der Waals surface area contributed by atoms with E-state index in [0.29, 0.717) is 24.8 Å². The Morgan fingerprint density at radius 3 is 2.88 bits per heavy atom. The van der Waals surface area contributed by atoms with E-state index in [4.69, 9.17) is 10.5 Å². The smallest absolute Gasteiger partial charge is 0.410 e. The van der Waals surface area contributed by atoms with E-state index < -0.39 is 6.09 Å². The molecule has 0 radical (unpaired) electrons. The Hall–Kier alpha value is -1.55. The molecule has 0 bridgehead atoms. The molecule has 0 aliphatic carbocycles. The van der Waals surface area contributed by atoms with Gasteiger partial charge in [-0.3, -0.25) is 0 Å². The van der Waals surface area contributed by atoms with Crippen LogP contribution >= 0.6 is 0 Å². The van der Waals surface area contributed by atoms with Crippen LogP contribution in [0.4, 0.5) is 4.79 Å². The van der Waals surface area contributed by atoms with Crippen LogP contribution in [0.1, 0.15) is 31.7 Å². The molecular formula is C13H20N2O2. The van der Waals surface area contributed by atoms with Gasteiger partial charge in [0.05, 0.1) is 0 Å². The maximum Gasteiger partial charge on any atom is 0.412 e. The van der Waals surface area contributed by atoms with Crippen molar-refractivity contribution in [2.75, 3.05) is 13.1 Å². The van der Waals surface area contributed by atoms with Gasteiger partial charge in [-0.25, -0.2) is 4.79 Å². The van der Waals surface area contributed by atoms with Crippen molar-refractivity contribution in [3.63, 3.8) is 0 Å². The molecule has 3 N–H and O–H groups in total. The summed E-state index contributed by atoms with van der Waals surface area (Å²) >= 11 is 0. The average Bonchev–Trinajstić information content (AvgIpc) is 2.29. The Balaban J connectivity index is 2.50. The lowest BCUT2D eigenvalue weighted by atomic mass is 10.0. The summed E-state index contributed by atoms with van der Waals surface area (Å²) in [5.74, 6) is 0.986. The number of hydrogen-bond donors (Lipinski definition) is 2. The Kier molecular flexibility index (Phi) is 5.49. The first-order chi connectivity index (χ1) is 8.13. The zero-order valence-corrected chi connectivity index (χ0v) is 10.4. The third-order valence-corrected chi connectivity index (χ3v) is 2.39. The van der Waals surface area contributed by atoms with Crippen molar-refractivity contribution < 1.29 is 9.53 Å². The first-order valence-corrected chi connectivity index (χ1v) is 5.89. The van der Waals surface area contributed by atoms with Gasteiger partial charge < -0.3 is 15.8 Å². The molecule has 1 rings (SSSR count). The van der Waals surface area contributed by atoms with E-state index in [1.165, 1.54) is 0 Å². The van der Waals surface area contributed by atoms with Gasteiger partial charge >= 0.3 is 6.09 Å². The van der Waals surface area contributed by atoms with Crippen LogP contribution in [0.2, 0.25) is 0 Å². The van der Waals surface area contributed by atoms with Gasteiger partial charge in [0, 0.05) is 6.54 Å². The minimum Gasteiger partial charge on any atom is -0.410 e. The number of carbonyl (C=O) groups is 1. The van der Waals surface area contributed by atoms with Gasteiger partial charge in [0.25, 0.3) is 0 Å². The molecule has 94 valence electrons. The monoisotopic (exact) mass is 236 g/mol. The van der Waals surface area contributed by atoms with E-state index in [0.717, 1.165) is 12.0 Å². The van der Waals surface area contributed by atoms with Crippen molar-refractivity contribution >= 4 is 6.09 Å². The summed E-state index contributed by atoms with van der Waals surface area (Å²) < 4.78 is 5.16. The highest BCUT2D eigenvalue weighted by molar-refractivity contribution is 5.70. The molecule has 0 heterocycles. The lowest BCUT2D eigenvalue weighted by Gasteiger charge is -2.09. The molecule has 0 aliphatic rings. The van der Waals surface area contributed by atoms with Crippen LogP contribution in [0.25, 0.3) is 0 Å². The second kappa shape index (κ2) is 6.91. The maximum absolute atomic E-state index is 11.4. The highest BCUT2D eigenvalue weighted by atomic mass is 16.5. The quantitative estimate of drug-likeness (QED) is 0.771. The van der Waals surface area contributed by atoms with Crippen molar-refractivity contribution in [1.29, 1.82) is 0 Å². The summed E-state index contributed by atoms with van der Waals surface area (Å²) in [6, 6.07) is 7.56. The number of amides is 1. The second-order valence-electron chi connectivity index (χ2n) is 4.19. The van der Waals surface area contributed by atoms with E-state index >= 15 is 0 Å². The molecule has 0 fully saturated rings. The SMILES string of the molecule is CC(C)c1cccc(OC(=O)NCCCN)c1. The predicted molar refractivity (Wildman–Crippen MR) is 68.2 cm³/mol. The van der Waals surface area contributed by atoms with Gasteiger partial charge in [0.15, 0.2) is 0 Å². The summed E-state index contributed by atoms with van der Waals surface area (Å²) in [6.07, 6.45) is 0.320. The van der Waals surface area contributed by atoms with Gasteiger partial charge in [-0.1, -0.05) is 26.0 Å². The molecule has 0 unspecified atom stereocenters. The van der Waals surface area contributed by atoms with Crippen molar-refractivity contribution in [2.24, 2.45) is 5.73 Å². The van der Waals surface area contributed by atoms with Crippen LogP contribution in [-0.2, 0) is 0 Å². The minimum absolute atomic E-state index is 0.416. The number of hydrogen-bond acceptors (Lipinski definition) is 3. The van der Waals surface area contributed by atoms with Gasteiger partial charge in [0.1, 0.15) is 5.75 Å². The molecule has 1 aromatic rings. The Labute approximate surface area is 102 Å². The summed E-state index contributed by atoms with van der Waals surface area (Å²) in [5.41, 5.74) is 6.48. The standard InChI is InChI=1S/C13H20N2O2/c1-10(2)11-5-3-6-12(9-11)17-13(16)15-8-4-7-14/h3,5-6,9-10H,4,7-8,14H2,1-2H3,(H,15,16). The molecule has 0 atom stereocenters. The number of nitrogens with two attached hydrogens (primary N) is 1. The normalized spacial score (nSPS) is 10.4. The van der Waals surface area contributed by atoms with E-state index in [-0.39, 0.29) is 0 Å². The fourth-order valence-electron chi connectivity index (χ4n) is 1.37. The molecule has 1 amide bonds. The summed E-state index contributed by atoms with van der Waals surface area (Å²) in [7, 11) is 0. The van der Waals surface area contributed by atoms with Crippen LogP contribution < -0.4 is 15.8 Å². The first-order valence-electron chi connectivity index (χ1n) is 5.89. The van der Waals surface area contributed by atoms with Crippen molar-refractivity contribution in [2.45, 2.75) is 26.2 Å². The predicted octanol–water partition coefficient (Wildman–Crippen LogP) is 2.25. The number of carbonyl (C=O) groups excluding carboxylic acids is 1.